The molecule has 1 aromatic carbocycles. The molecule has 1 unspecified atom stereocenters. The molecule has 0 saturated heterocycles. The van der Waals surface area contributed by atoms with Gasteiger partial charge in [-0.05, 0) is 41.2 Å². The number of carboxylic acid groups (broad SMARTS) is 1. The zero-order valence-electron chi connectivity index (χ0n) is 18.9. The Hall–Kier alpha value is -1.58. The van der Waals surface area contributed by atoms with Crippen molar-refractivity contribution in [2.24, 2.45) is 5.41 Å². The third kappa shape index (κ3) is 6.71. The van der Waals surface area contributed by atoms with Gasteiger partial charge in [-0.25, -0.2) is 4.79 Å². The van der Waals surface area contributed by atoms with Crippen molar-refractivity contribution >= 4 is 14.4 Å². The van der Waals surface area contributed by atoms with Gasteiger partial charge in [-0.2, -0.15) is 13.2 Å². The molecule has 3 atom stereocenters. The van der Waals surface area contributed by atoms with E-state index in [1.807, 2.05) is 54.6 Å². The Morgan fingerprint density at radius 2 is 1.50 bits per heavy atom. The van der Waals surface area contributed by atoms with Crippen molar-refractivity contribution in [3.05, 3.63) is 35.4 Å². The Balaban J connectivity index is 3.38. The standard InChI is InChI=1S/C21H34F3NO4Si/c1-19(2,3)17(29-30(7,8)20(4,5)6)16(26)15(25-18(27)28)13-9-11-14(12-10-13)21(22,23)24/h9-12,15-17,25-26H,1-8H3,(H,27,28)/t15-,16-,17?/m1/s1. The molecule has 9 heteroatoms. The van der Waals surface area contributed by atoms with Gasteiger partial charge in [0, 0.05) is 0 Å². The molecule has 0 heterocycles. The van der Waals surface area contributed by atoms with Crippen molar-refractivity contribution in [2.45, 2.75) is 84.1 Å². The molecule has 0 saturated carbocycles. The molecule has 0 aliphatic heterocycles. The number of benzene rings is 1. The van der Waals surface area contributed by atoms with Crippen LogP contribution in [0.25, 0.3) is 0 Å². The first kappa shape index (κ1) is 26.5. The van der Waals surface area contributed by atoms with Crippen LogP contribution in [-0.2, 0) is 10.6 Å². The van der Waals surface area contributed by atoms with Crippen LogP contribution in [0.1, 0.15) is 58.7 Å². The van der Waals surface area contributed by atoms with Crippen molar-refractivity contribution in [3.8, 4) is 0 Å². The van der Waals surface area contributed by atoms with Crippen LogP contribution in [0.4, 0.5) is 18.0 Å². The van der Waals surface area contributed by atoms with E-state index in [1.165, 1.54) is 12.1 Å². The zero-order valence-corrected chi connectivity index (χ0v) is 19.9. The van der Waals surface area contributed by atoms with Crippen molar-refractivity contribution in [2.75, 3.05) is 0 Å². The Morgan fingerprint density at radius 3 is 1.83 bits per heavy atom. The van der Waals surface area contributed by atoms with E-state index in [0.717, 1.165) is 12.1 Å². The Bertz CT molecular complexity index is 722. The summed E-state index contributed by atoms with van der Waals surface area (Å²) < 4.78 is 45.2. The van der Waals surface area contributed by atoms with Crippen LogP contribution >= 0.6 is 0 Å². The third-order valence-electron chi connectivity index (χ3n) is 5.61. The fraction of sp³-hybridized carbons (Fsp3) is 0.667. The first-order valence-electron chi connectivity index (χ1n) is 9.80. The lowest BCUT2D eigenvalue weighted by molar-refractivity contribution is -0.137. The molecule has 1 rings (SSSR count). The average Bonchev–Trinajstić information content (AvgIpc) is 2.54. The van der Waals surface area contributed by atoms with E-state index < -0.39 is 49.8 Å². The van der Waals surface area contributed by atoms with E-state index >= 15 is 0 Å². The summed E-state index contributed by atoms with van der Waals surface area (Å²) in [4.78, 5) is 11.4. The second-order valence-corrected chi connectivity index (χ2v) is 15.0. The molecule has 172 valence electrons. The van der Waals surface area contributed by atoms with Gasteiger partial charge in [0.25, 0.3) is 0 Å². The van der Waals surface area contributed by atoms with Crippen molar-refractivity contribution < 1.29 is 32.6 Å². The lowest BCUT2D eigenvalue weighted by Crippen LogP contribution is -2.54. The summed E-state index contributed by atoms with van der Waals surface area (Å²) in [6.07, 6.45) is -7.96. The SMILES string of the molecule is CC(C)(C)C(O[Si](C)(C)C(C)(C)C)[C@H](O)[C@H](NC(=O)O)c1ccc(C(F)(F)F)cc1. The van der Waals surface area contributed by atoms with Gasteiger partial charge in [0.05, 0.1) is 17.7 Å². The van der Waals surface area contributed by atoms with Crippen molar-refractivity contribution in [1.82, 2.24) is 5.32 Å². The van der Waals surface area contributed by atoms with E-state index in [0.29, 0.717) is 0 Å². The van der Waals surface area contributed by atoms with Crippen LogP contribution in [0.3, 0.4) is 0 Å². The van der Waals surface area contributed by atoms with E-state index in [9.17, 15) is 28.2 Å². The minimum absolute atomic E-state index is 0.152. The number of carbonyl (C=O) groups is 1. The van der Waals surface area contributed by atoms with Gasteiger partial charge in [0.15, 0.2) is 8.32 Å². The lowest BCUT2D eigenvalue weighted by Gasteiger charge is -2.46. The summed E-state index contributed by atoms with van der Waals surface area (Å²) in [7, 11) is -2.35. The van der Waals surface area contributed by atoms with Crippen LogP contribution < -0.4 is 5.32 Å². The van der Waals surface area contributed by atoms with Gasteiger partial charge in [-0.1, -0.05) is 53.7 Å². The molecule has 0 spiro atoms. The minimum atomic E-state index is -4.51. The maximum absolute atomic E-state index is 12.9. The van der Waals surface area contributed by atoms with Crippen LogP contribution in [0.2, 0.25) is 18.1 Å². The Kier molecular flexibility index (Phi) is 7.83. The van der Waals surface area contributed by atoms with Crippen LogP contribution in [-0.4, -0.2) is 36.8 Å². The molecule has 0 aliphatic rings. The first-order chi connectivity index (χ1) is 13.3. The van der Waals surface area contributed by atoms with Gasteiger partial charge in [-0.15, -0.1) is 0 Å². The van der Waals surface area contributed by atoms with Crippen molar-refractivity contribution in [1.29, 1.82) is 0 Å². The quantitative estimate of drug-likeness (QED) is 0.479. The molecule has 0 fully saturated rings. The molecular weight excluding hydrogens is 415 g/mol. The highest BCUT2D eigenvalue weighted by Gasteiger charge is 2.46. The highest BCUT2D eigenvalue weighted by molar-refractivity contribution is 6.74. The predicted molar refractivity (Wildman–Crippen MR) is 113 cm³/mol. The number of amides is 1. The topological polar surface area (TPSA) is 78.8 Å². The van der Waals surface area contributed by atoms with Crippen molar-refractivity contribution in [3.63, 3.8) is 0 Å². The number of rotatable bonds is 6. The number of hydrogen-bond acceptors (Lipinski definition) is 3. The fourth-order valence-electron chi connectivity index (χ4n) is 2.81. The minimum Gasteiger partial charge on any atom is -0.465 e. The first-order valence-corrected chi connectivity index (χ1v) is 12.7. The van der Waals surface area contributed by atoms with Gasteiger partial charge in [0.2, 0.25) is 0 Å². The lowest BCUT2D eigenvalue weighted by atomic mass is 9.82. The zero-order chi connectivity index (χ0) is 23.7. The van der Waals surface area contributed by atoms with E-state index in [2.05, 4.69) is 5.32 Å². The largest absolute Gasteiger partial charge is 0.465 e. The number of halogens is 3. The molecule has 0 aliphatic carbocycles. The fourth-order valence-corrected chi connectivity index (χ4v) is 4.29. The van der Waals surface area contributed by atoms with Gasteiger partial charge in [0.1, 0.15) is 6.10 Å². The van der Waals surface area contributed by atoms with E-state index in [-0.39, 0.29) is 10.6 Å². The van der Waals surface area contributed by atoms with Gasteiger partial charge >= 0.3 is 12.3 Å². The molecule has 1 aromatic rings. The maximum atomic E-state index is 12.9. The molecule has 0 aromatic heterocycles. The average molecular weight is 450 g/mol. The molecule has 1 amide bonds. The summed E-state index contributed by atoms with van der Waals surface area (Å²) in [5, 5.41) is 22.6. The number of hydrogen-bond donors (Lipinski definition) is 3. The summed E-state index contributed by atoms with van der Waals surface area (Å²) in [5.41, 5.74) is -1.18. The number of nitrogens with one attached hydrogen (secondary N) is 1. The van der Waals surface area contributed by atoms with Crippen LogP contribution in [0.15, 0.2) is 24.3 Å². The highest BCUT2D eigenvalue weighted by atomic mass is 28.4. The Labute approximate surface area is 177 Å². The van der Waals surface area contributed by atoms with E-state index in [1.54, 1.807) is 0 Å². The van der Waals surface area contributed by atoms with Gasteiger partial charge < -0.3 is 20.0 Å². The molecule has 3 N–H and O–H groups in total. The molecule has 0 radical (unpaired) electrons. The highest BCUT2D eigenvalue weighted by Crippen LogP contribution is 2.42. The molecular formula is C21H34F3NO4Si. The Morgan fingerprint density at radius 1 is 1.03 bits per heavy atom. The summed E-state index contributed by atoms with van der Waals surface area (Å²) in [5.74, 6) is 0. The number of aliphatic hydroxyl groups excluding tert-OH is 1. The maximum Gasteiger partial charge on any atom is 0.416 e. The monoisotopic (exact) mass is 449 g/mol. The number of alkyl halides is 3. The second kappa shape index (κ2) is 8.88. The van der Waals surface area contributed by atoms with Gasteiger partial charge in [-0.3, -0.25) is 0 Å². The molecule has 5 nitrogen and oxygen atoms in total. The summed E-state index contributed by atoms with van der Waals surface area (Å²) in [6.45, 7) is 15.8. The van der Waals surface area contributed by atoms with Crippen LogP contribution in [0.5, 0.6) is 0 Å². The second-order valence-electron chi connectivity index (χ2n) is 10.2. The molecule has 0 bridgehead atoms. The summed E-state index contributed by atoms with van der Waals surface area (Å²) >= 11 is 0. The predicted octanol–water partition coefficient (Wildman–Crippen LogP) is 5.81. The van der Waals surface area contributed by atoms with Crippen LogP contribution in [0, 0.1) is 5.41 Å². The summed E-state index contributed by atoms with van der Waals surface area (Å²) in [6, 6.07) is 2.95. The number of aliphatic hydroxyl groups is 1. The third-order valence-corrected chi connectivity index (χ3v) is 10.1. The van der Waals surface area contributed by atoms with E-state index in [4.69, 9.17) is 4.43 Å². The molecule has 30 heavy (non-hydrogen) atoms. The normalized spacial score (nSPS) is 16.7. The smallest absolute Gasteiger partial charge is 0.416 e.